The van der Waals surface area contributed by atoms with E-state index in [1.165, 1.54) is 0 Å². The highest BCUT2D eigenvalue weighted by Gasteiger charge is 2.40. The van der Waals surface area contributed by atoms with Crippen molar-refractivity contribution in [3.8, 4) is 0 Å². The van der Waals surface area contributed by atoms with Crippen molar-refractivity contribution in [2.75, 3.05) is 26.2 Å². The molecule has 182 valence electrons. The molecule has 34 heavy (non-hydrogen) atoms. The van der Waals surface area contributed by atoms with Gasteiger partial charge in [-0.05, 0) is 50.6 Å². The number of rotatable bonds is 10. The first-order valence-corrected chi connectivity index (χ1v) is 12.9. The van der Waals surface area contributed by atoms with Crippen LogP contribution in [0.25, 0.3) is 6.08 Å². The van der Waals surface area contributed by atoms with Gasteiger partial charge in [0, 0.05) is 19.5 Å². The number of amides is 2. The summed E-state index contributed by atoms with van der Waals surface area (Å²) in [4.78, 5) is 25.8. The first-order chi connectivity index (χ1) is 16.3. The molecule has 0 saturated carbocycles. The number of carbonyl (C=O) groups is 2. The van der Waals surface area contributed by atoms with Gasteiger partial charge in [-0.2, -0.15) is 0 Å². The second-order valence-electron chi connectivity index (χ2n) is 8.36. The number of sulfonamides is 1. The molecular weight excluding hydrogens is 452 g/mol. The summed E-state index contributed by atoms with van der Waals surface area (Å²) in [7, 11) is -3.66. The van der Waals surface area contributed by atoms with E-state index in [2.05, 4.69) is 20.7 Å². The van der Waals surface area contributed by atoms with Crippen LogP contribution in [0.15, 0.2) is 65.6 Å². The van der Waals surface area contributed by atoms with Crippen molar-refractivity contribution in [2.45, 2.75) is 36.6 Å². The van der Waals surface area contributed by atoms with Crippen molar-refractivity contribution in [2.24, 2.45) is 0 Å². The number of benzene rings is 2. The number of aryl methyl sites for hydroxylation is 1. The van der Waals surface area contributed by atoms with Gasteiger partial charge in [-0.25, -0.2) is 13.1 Å². The summed E-state index contributed by atoms with van der Waals surface area (Å²) in [5.41, 5.74) is 0.951. The van der Waals surface area contributed by atoms with Crippen LogP contribution in [0.3, 0.4) is 0 Å². The fourth-order valence-corrected chi connectivity index (χ4v) is 4.81. The predicted molar refractivity (Wildman–Crippen MR) is 132 cm³/mol. The lowest BCUT2D eigenvalue weighted by Crippen LogP contribution is -2.63. The summed E-state index contributed by atoms with van der Waals surface area (Å²) >= 11 is 0. The van der Waals surface area contributed by atoms with Crippen molar-refractivity contribution in [1.82, 2.24) is 20.7 Å². The number of hydrogen-bond donors (Lipinski definition) is 4. The summed E-state index contributed by atoms with van der Waals surface area (Å²) in [5, 5.41) is 8.92. The molecule has 1 aliphatic heterocycles. The Morgan fingerprint density at radius 1 is 1.00 bits per heavy atom. The molecule has 9 heteroatoms. The summed E-state index contributed by atoms with van der Waals surface area (Å²) in [6.45, 7) is 3.25. The van der Waals surface area contributed by atoms with E-state index in [9.17, 15) is 18.0 Å². The van der Waals surface area contributed by atoms with Gasteiger partial charge in [-0.3, -0.25) is 9.59 Å². The lowest BCUT2D eigenvalue weighted by molar-refractivity contribution is -0.134. The van der Waals surface area contributed by atoms with Crippen LogP contribution < -0.4 is 20.7 Å². The topological polar surface area (TPSA) is 116 Å². The first kappa shape index (κ1) is 25.6. The van der Waals surface area contributed by atoms with Crippen molar-refractivity contribution >= 4 is 27.9 Å². The Labute approximate surface area is 201 Å². The molecule has 2 aromatic carbocycles. The van der Waals surface area contributed by atoms with E-state index in [-0.39, 0.29) is 36.2 Å². The third kappa shape index (κ3) is 7.24. The van der Waals surface area contributed by atoms with E-state index in [0.717, 1.165) is 11.1 Å². The second kappa shape index (κ2) is 11.9. The summed E-state index contributed by atoms with van der Waals surface area (Å²) in [6, 6.07) is 16.2. The molecule has 0 aromatic heterocycles. The largest absolute Gasteiger partial charge is 0.353 e. The van der Waals surface area contributed by atoms with Crippen molar-refractivity contribution in [3.63, 3.8) is 0 Å². The van der Waals surface area contributed by atoms with Crippen LogP contribution in [0.5, 0.6) is 0 Å². The quantitative estimate of drug-likeness (QED) is 0.383. The zero-order valence-electron chi connectivity index (χ0n) is 19.3. The minimum absolute atomic E-state index is 0.0457. The minimum atomic E-state index is -3.66. The second-order valence-corrected chi connectivity index (χ2v) is 10.1. The predicted octanol–water partition coefficient (Wildman–Crippen LogP) is 1.73. The number of hydrogen-bond acceptors (Lipinski definition) is 5. The Bertz CT molecular complexity index is 1090. The molecule has 0 unspecified atom stereocenters. The van der Waals surface area contributed by atoms with E-state index in [1.807, 2.05) is 43.3 Å². The number of nitrogens with one attached hydrogen (secondary N) is 4. The van der Waals surface area contributed by atoms with Gasteiger partial charge < -0.3 is 16.0 Å². The zero-order chi connectivity index (χ0) is 24.4. The van der Waals surface area contributed by atoms with Gasteiger partial charge in [-0.1, -0.05) is 60.2 Å². The van der Waals surface area contributed by atoms with Gasteiger partial charge >= 0.3 is 0 Å². The van der Waals surface area contributed by atoms with Crippen LogP contribution in [-0.2, 0) is 19.6 Å². The Morgan fingerprint density at radius 3 is 2.35 bits per heavy atom. The van der Waals surface area contributed by atoms with Gasteiger partial charge in [0.2, 0.25) is 21.8 Å². The molecule has 8 nitrogen and oxygen atoms in total. The maximum Gasteiger partial charge on any atom is 0.245 e. The smallest absolute Gasteiger partial charge is 0.245 e. The van der Waals surface area contributed by atoms with E-state index in [4.69, 9.17) is 0 Å². The fraction of sp³-hybridized carbons (Fsp3) is 0.360. The van der Waals surface area contributed by atoms with Gasteiger partial charge in [-0.15, -0.1) is 0 Å². The molecular formula is C25H32N4O4S. The SMILES string of the molecule is Cc1ccc(S(=O)(=O)NCCNC(=O)C2(NC(=O)CC=Cc3ccccc3)CCNCC2)cc1. The minimum Gasteiger partial charge on any atom is -0.353 e. The fourth-order valence-electron chi connectivity index (χ4n) is 3.78. The summed E-state index contributed by atoms with van der Waals surface area (Å²) < 4.78 is 27.3. The van der Waals surface area contributed by atoms with Gasteiger partial charge in [0.1, 0.15) is 5.54 Å². The lowest BCUT2D eigenvalue weighted by Gasteiger charge is -2.37. The van der Waals surface area contributed by atoms with Crippen LogP contribution >= 0.6 is 0 Å². The highest BCUT2D eigenvalue weighted by Crippen LogP contribution is 2.19. The standard InChI is InChI=1S/C25H32N4O4S/c1-20-10-12-22(13-11-20)34(32,33)28-19-18-27-24(31)25(14-16-26-17-15-25)29-23(30)9-5-8-21-6-3-2-4-7-21/h2-8,10-13,26,28H,9,14-19H2,1H3,(H,27,31)(H,29,30). The first-order valence-electron chi connectivity index (χ1n) is 11.4. The van der Waals surface area contributed by atoms with Gasteiger partial charge in [0.05, 0.1) is 4.90 Å². The van der Waals surface area contributed by atoms with Gasteiger partial charge in [0.25, 0.3) is 0 Å². The molecule has 2 aromatic rings. The number of piperidine rings is 1. The maximum atomic E-state index is 13.0. The third-order valence-electron chi connectivity index (χ3n) is 5.72. The molecule has 0 aliphatic carbocycles. The van der Waals surface area contributed by atoms with Crippen molar-refractivity contribution in [3.05, 3.63) is 71.8 Å². The van der Waals surface area contributed by atoms with Crippen LogP contribution in [-0.4, -0.2) is 52.0 Å². The average molecular weight is 485 g/mol. The Morgan fingerprint density at radius 2 is 1.68 bits per heavy atom. The maximum absolute atomic E-state index is 13.0. The van der Waals surface area contributed by atoms with Crippen LogP contribution in [0.4, 0.5) is 0 Å². The lowest BCUT2D eigenvalue weighted by atomic mass is 9.87. The summed E-state index contributed by atoms with van der Waals surface area (Å²) in [6.07, 6.45) is 4.73. The molecule has 0 bridgehead atoms. The Kier molecular flexibility index (Phi) is 8.98. The number of carbonyl (C=O) groups excluding carboxylic acids is 2. The summed E-state index contributed by atoms with van der Waals surface area (Å²) in [5.74, 6) is -0.534. The molecule has 1 saturated heterocycles. The van der Waals surface area contributed by atoms with Crippen molar-refractivity contribution < 1.29 is 18.0 Å². The molecule has 2 amide bonds. The Balaban J connectivity index is 1.52. The van der Waals surface area contributed by atoms with Crippen LogP contribution in [0.2, 0.25) is 0 Å². The van der Waals surface area contributed by atoms with Gasteiger partial charge in [0.15, 0.2) is 0 Å². The molecule has 1 aliphatic rings. The Hall–Kier alpha value is -3.01. The average Bonchev–Trinajstić information content (AvgIpc) is 2.83. The van der Waals surface area contributed by atoms with E-state index in [0.29, 0.717) is 25.9 Å². The van der Waals surface area contributed by atoms with E-state index >= 15 is 0 Å². The molecule has 1 heterocycles. The van der Waals surface area contributed by atoms with E-state index < -0.39 is 15.6 Å². The molecule has 3 rings (SSSR count). The monoisotopic (exact) mass is 484 g/mol. The zero-order valence-corrected chi connectivity index (χ0v) is 20.2. The van der Waals surface area contributed by atoms with Crippen molar-refractivity contribution in [1.29, 1.82) is 0 Å². The molecule has 1 fully saturated rings. The molecule has 4 N–H and O–H groups in total. The van der Waals surface area contributed by atoms with Crippen LogP contribution in [0.1, 0.15) is 30.4 Å². The molecule has 0 spiro atoms. The van der Waals surface area contributed by atoms with E-state index in [1.54, 1.807) is 30.3 Å². The third-order valence-corrected chi connectivity index (χ3v) is 7.19. The normalized spacial score (nSPS) is 15.7. The highest BCUT2D eigenvalue weighted by molar-refractivity contribution is 7.89. The molecule has 0 radical (unpaired) electrons. The highest BCUT2D eigenvalue weighted by atomic mass is 32.2. The molecule has 0 atom stereocenters. The van der Waals surface area contributed by atoms with Crippen LogP contribution in [0, 0.1) is 6.92 Å².